The SMILES string of the molecule is CC.CF.CN=C(S/C(=C\c1cc(Br)ccc1F)C(=O)OC)N(SF)C(=O)OC(C)(C)C. The first-order chi connectivity index (χ1) is 15.0. The molecule has 0 saturated carbocycles. The number of carbonyl (C=O) groups excluding carboxylic acids is 2. The van der Waals surface area contributed by atoms with Crippen molar-refractivity contribution in [2.24, 2.45) is 4.99 Å². The molecule has 0 aliphatic heterocycles. The van der Waals surface area contributed by atoms with Crippen molar-refractivity contribution in [2.45, 2.75) is 40.2 Å². The highest BCUT2D eigenvalue weighted by atomic mass is 79.9. The van der Waals surface area contributed by atoms with E-state index in [1.807, 2.05) is 13.8 Å². The predicted molar refractivity (Wildman–Crippen MR) is 130 cm³/mol. The molecule has 1 rings (SSSR count). The van der Waals surface area contributed by atoms with E-state index in [-0.39, 0.29) is 15.6 Å². The Labute approximate surface area is 204 Å². The quantitative estimate of drug-likeness (QED) is 0.127. The third-order valence-corrected chi connectivity index (χ3v) is 4.95. The number of esters is 1. The minimum Gasteiger partial charge on any atom is -0.465 e. The molecule has 0 N–H and O–H groups in total. The number of alkyl halides is 1. The average molecular weight is 561 g/mol. The van der Waals surface area contributed by atoms with Crippen LogP contribution in [0.2, 0.25) is 0 Å². The molecule has 0 saturated heterocycles. The summed E-state index contributed by atoms with van der Waals surface area (Å²) in [5, 5.41) is -0.186. The van der Waals surface area contributed by atoms with Crippen LogP contribution in [0.5, 0.6) is 0 Å². The van der Waals surface area contributed by atoms with E-state index in [0.29, 0.717) is 27.7 Å². The third-order valence-electron chi connectivity index (χ3n) is 2.83. The second-order valence-corrected chi connectivity index (χ2v) is 8.55. The molecule has 32 heavy (non-hydrogen) atoms. The molecular weight excluding hydrogens is 533 g/mol. The summed E-state index contributed by atoms with van der Waals surface area (Å²) in [5.74, 6) is -1.39. The molecule has 1 amide bonds. The van der Waals surface area contributed by atoms with Crippen molar-refractivity contribution in [2.75, 3.05) is 21.3 Å². The van der Waals surface area contributed by atoms with Crippen LogP contribution in [-0.4, -0.2) is 48.5 Å². The molecule has 12 heteroatoms. The number of ether oxygens (including phenoxy) is 2. The summed E-state index contributed by atoms with van der Waals surface area (Å²) in [4.78, 5) is 28.1. The monoisotopic (exact) mass is 560 g/mol. The maximum absolute atomic E-state index is 14.0. The molecule has 0 radical (unpaired) electrons. The summed E-state index contributed by atoms with van der Waals surface area (Å²) in [5.41, 5.74) is -0.774. The van der Waals surface area contributed by atoms with Gasteiger partial charge in [-0.2, -0.15) is 4.31 Å². The lowest BCUT2D eigenvalue weighted by Gasteiger charge is -2.24. The molecule has 1 aromatic carbocycles. The van der Waals surface area contributed by atoms with Gasteiger partial charge < -0.3 is 9.47 Å². The fourth-order valence-electron chi connectivity index (χ4n) is 1.71. The second-order valence-electron chi connectivity index (χ2n) is 6.12. The van der Waals surface area contributed by atoms with Crippen molar-refractivity contribution in [1.82, 2.24) is 4.31 Å². The Balaban J connectivity index is 0. The first-order valence-electron chi connectivity index (χ1n) is 9.11. The predicted octanol–water partition coefficient (Wildman–Crippen LogP) is 7.20. The summed E-state index contributed by atoms with van der Waals surface area (Å²) >= 11 is 3.43. The third kappa shape index (κ3) is 11.8. The van der Waals surface area contributed by atoms with Crippen LogP contribution in [0, 0.1) is 5.82 Å². The molecule has 0 aliphatic rings. The van der Waals surface area contributed by atoms with Crippen molar-refractivity contribution < 1.29 is 31.7 Å². The molecule has 182 valence electrons. The van der Waals surface area contributed by atoms with E-state index in [0.717, 1.165) is 7.11 Å². The Morgan fingerprint density at radius 2 is 1.78 bits per heavy atom. The lowest BCUT2D eigenvalue weighted by atomic mass is 10.2. The zero-order chi connectivity index (χ0) is 25.5. The van der Waals surface area contributed by atoms with E-state index in [1.165, 1.54) is 31.3 Å². The number of rotatable bonds is 4. The molecule has 0 aliphatic carbocycles. The normalized spacial score (nSPS) is 11.4. The summed E-state index contributed by atoms with van der Waals surface area (Å²) in [6, 6.07) is 4.17. The fourth-order valence-corrected chi connectivity index (χ4v) is 3.32. The average Bonchev–Trinajstić information content (AvgIpc) is 2.76. The molecule has 0 atom stereocenters. The van der Waals surface area contributed by atoms with E-state index in [9.17, 15) is 22.3 Å². The second kappa shape index (κ2) is 16.9. The molecule has 0 aromatic heterocycles. The number of carbonyl (C=O) groups is 2. The van der Waals surface area contributed by atoms with Gasteiger partial charge in [-0.1, -0.05) is 29.8 Å². The van der Waals surface area contributed by atoms with Crippen LogP contribution in [0.15, 0.2) is 32.6 Å². The molecule has 1 aromatic rings. The lowest BCUT2D eigenvalue weighted by Crippen LogP contribution is -2.35. The summed E-state index contributed by atoms with van der Waals surface area (Å²) in [6.07, 6.45) is 0.212. The van der Waals surface area contributed by atoms with Gasteiger partial charge in [0.25, 0.3) is 0 Å². The first-order valence-corrected chi connectivity index (χ1v) is 11.4. The number of nitrogens with zero attached hydrogens (tertiary/aromatic N) is 2. The number of thioether (sulfide) groups is 1. The van der Waals surface area contributed by atoms with Gasteiger partial charge in [0.1, 0.15) is 16.3 Å². The van der Waals surface area contributed by atoms with Gasteiger partial charge in [0.2, 0.25) is 0 Å². The van der Waals surface area contributed by atoms with Gasteiger partial charge in [0.15, 0.2) is 17.5 Å². The van der Waals surface area contributed by atoms with Crippen molar-refractivity contribution in [1.29, 1.82) is 0 Å². The van der Waals surface area contributed by atoms with Gasteiger partial charge in [-0.25, -0.2) is 14.0 Å². The minimum absolute atomic E-state index is 0.0921. The number of amidine groups is 1. The maximum Gasteiger partial charge on any atom is 0.428 e. The number of halogens is 4. The maximum atomic E-state index is 14.0. The van der Waals surface area contributed by atoms with Gasteiger partial charge in [0.05, 0.1) is 14.3 Å². The van der Waals surface area contributed by atoms with Crippen LogP contribution in [0.1, 0.15) is 40.2 Å². The van der Waals surface area contributed by atoms with Crippen LogP contribution in [0.3, 0.4) is 0 Å². The molecule has 6 nitrogen and oxygen atoms in total. The van der Waals surface area contributed by atoms with Crippen LogP contribution >= 0.6 is 40.0 Å². The number of aliphatic imine (C=N–C) groups is 1. The molecule has 0 unspecified atom stereocenters. The van der Waals surface area contributed by atoms with Crippen LogP contribution < -0.4 is 0 Å². The zero-order valence-corrected chi connectivity index (χ0v) is 22.4. The topological polar surface area (TPSA) is 68.2 Å². The number of benzene rings is 1. The summed E-state index contributed by atoms with van der Waals surface area (Å²) in [6.45, 7) is 8.87. The highest BCUT2D eigenvalue weighted by Crippen LogP contribution is 2.30. The highest BCUT2D eigenvalue weighted by Gasteiger charge is 2.29. The van der Waals surface area contributed by atoms with Crippen LogP contribution in [0.4, 0.5) is 17.5 Å². The van der Waals surface area contributed by atoms with Crippen LogP contribution in [0.25, 0.3) is 6.08 Å². The lowest BCUT2D eigenvalue weighted by molar-refractivity contribution is -0.135. The van der Waals surface area contributed by atoms with E-state index in [1.54, 1.807) is 20.8 Å². The Morgan fingerprint density at radius 3 is 2.22 bits per heavy atom. The van der Waals surface area contributed by atoms with Gasteiger partial charge in [0, 0.05) is 17.1 Å². The molecule has 0 fully saturated rings. The van der Waals surface area contributed by atoms with Gasteiger partial charge in [-0.3, -0.25) is 9.38 Å². The Bertz CT molecular complexity index is 804. The van der Waals surface area contributed by atoms with E-state index in [2.05, 4.69) is 20.9 Å². The molecule has 0 bridgehead atoms. The van der Waals surface area contributed by atoms with Gasteiger partial charge in [-0.05, 0) is 56.8 Å². The molecule has 0 heterocycles. The fraction of sp³-hybridized carbons (Fsp3) is 0.450. The van der Waals surface area contributed by atoms with E-state index in [4.69, 9.17) is 9.47 Å². The van der Waals surface area contributed by atoms with Crippen molar-refractivity contribution in [3.05, 3.63) is 39.0 Å². The standard InChI is InChI=1S/C17H19BrF2N2O4S2.C2H6.CH3F/c1-17(2,3)26-16(24)22(28-20)15(21-4)27-13(14(23)25-5)9-10-8-11(18)6-7-12(10)19;2*1-2/h6-9H,1-5H3;1-2H3;1H3/b13-9-,21-15?;;. The van der Waals surface area contributed by atoms with E-state index >= 15 is 0 Å². The van der Waals surface area contributed by atoms with Crippen molar-refractivity contribution in [3.63, 3.8) is 0 Å². The number of hydrogen-bond acceptors (Lipinski definition) is 7. The minimum atomic E-state index is -1.01. The van der Waals surface area contributed by atoms with Crippen molar-refractivity contribution >= 4 is 63.3 Å². The first kappa shape index (κ1) is 32.5. The summed E-state index contributed by atoms with van der Waals surface area (Å²) < 4.78 is 48.0. The highest BCUT2D eigenvalue weighted by molar-refractivity contribution is 9.10. The van der Waals surface area contributed by atoms with Crippen LogP contribution in [-0.2, 0) is 14.3 Å². The molecule has 0 spiro atoms. The zero-order valence-electron chi connectivity index (χ0n) is 19.2. The largest absolute Gasteiger partial charge is 0.465 e. The summed E-state index contributed by atoms with van der Waals surface area (Å²) in [7, 11) is 2.96. The Kier molecular flexibility index (Phi) is 17.2. The number of hydrogen-bond donors (Lipinski definition) is 0. The number of methoxy groups -OCH3 is 1. The van der Waals surface area contributed by atoms with Gasteiger partial charge in [-0.15, -0.1) is 3.89 Å². The Morgan fingerprint density at radius 1 is 1.22 bits per heavy atom. The van der Waals surface area contributed by atoms with Crippen molar-refractivity contribution in [3.8, 4) is 0 Å². The van der Waals surface area contributed by atoms with Gasteiger partial charge >= 0.3 is 12.1 Å². The smallest absolute Gasteiger partial charge is 0.428 e. The number of amides is 1. The van der Waals surface area contributed by atoms with E-state index < -0.39 is 35.8 Å². The molecular formula is C20H28BrF3N2O4S2. The Hall–Kier alpha value is -1.66.